The summed E-state index contributed by atoms with van der Waals surface area (Å²) in [6.07, 6.45) is 7.52. The molecule has 2 rings (SSSR count). The average molecular weight is 346 g/mol. The zero-order chi connectivity index (χ0) is 15.9. The summed E-state index contributed by atoms with van der Waals surface area (Å²) in [6, 6.07) is 0.206. The number of halogens is 1. The lowest BCUT2D eigenvalue weighted by molar-refractivity contribution is -0.134. The van der Waals surface area contributed by atoms with Crippen LogP contribution in [0.2, 0.25) is 0 Å². The first-order valence-corrected chi connectivity index (χ1v) is 8.90. The number of carbonyl (C=O) groups excluding carboxylic acids is 2. The molecule has 134 valence electrons. The molecule has 1 unspecified atom stereocenters. The van der Waals surface area contributed by atoms with Gasteiger partial charge in [0, 0.05) is 38.5 Å². The van der Waals surface area contributed by atoms with Crippen molar-refractivity contribution in [1.29, 1.82) is 0 Å². The normalized spacial score (nSPS) is 27.4. The predicted molar refractivity (Wildman–Crippen MR) is 94.4 cm³/mol. The predicted octanol–water partition coefficient (Wildman–Crippen LogP) is 2.08. The maximum Gasteiger partial charge on any atom is 0.222 e. The van der Waals surface area contributed by atoms with Crippen molar-refractivity contribution in [1.82, 2.24) is 10.2 Å². The van der Waals surface area contributed by atoms with E-state index in [1.165, 1.54) is 0 Å². The van der Waals surface area contributed by atoms with E-state index in [4.69, 9.17) is 5.73 Å². The number of piperidine rings is 1. The molecule has 2 aliphatic rings. The number of amides is 2. The second-order valence-electron chi connectivity index (χ2n) is 6.96. The summed E-state index contributed by atoms with van der Waals surface area (Å²) >= 11 is 0. The van der Waals surface area contributed by atoms with Gasteiger partial charge >= 0.3 is 0 Å². The lowest BCUT2D eigenvalue weighted by Crippen LogP contribution is -2.44. The standard InChI is InChI=1S/C17H31N3O2.ClH/c1-2-5-16(21)19-11-13-6-4-9-20(12-13)17(22)10-14-7-3-8-15(14)18;/h13-15H,2-12,18H2,1H3,(H,19,21);1H/t13?,14-,15+;/m0./s1. The average Bonchev–Trinajstić information content (AvgIpc) is 2.91. The van der Waals surface area contributed by atoms with Crippen molar-refractivity contribution in [3.63, 3.8) is 0 Å². The number of likely N-dealkylation sites (tertiary alicyclic amines) is 1. The fourth-order valence-corrected chi connectivity index (χ4v) is 3.70. The summed E-state index contributed by atoms with van der Waals surface area (Å²) < 4.78 is 0. The summed E-state index contributed by atoms with van der Waals surface area (Å²) in [5.74, 6) is 1.16. The van der Waals surface area contributed by atoms with E-state index in [1.807, 2.05) is 11.8 Å². The minimum atomic E-state index is 0. The van der Waals surface area contributed by atoms with Crippen LogP contribution in [0.5, 0.6) is 0 Å². The zero-order valence-electron chi connectivity index (χ0n) is 14.3. The maximum absolute atomic E-state index is 12.5. The smallest absolute Gasteiger partial charge is 0.222 e. The number of nitrogens with one attached hydrogen (secondary N) is 1. The van der Waals surface area contributed by atoms with E-state index in [0.717, 1.165) is 51.6 Å². The van der Waals surface area contributed by atoms with E-state index in [0.29, 0.717) is 31.2 Å². The van der Waals surface area contributed by atoms with Gasteiger partial charge in [-0.25, -0.2) is 0 Å². The van der Waals surface area contributed by atoms with Gasteiger partial charge in [0.15, 0.2) is 0 Å². The van der Waals surface area contributed by atoms with Gasteiger partial charge in [0.25, 0.3) is 0 Å². The molecule has 1 saturated carbocycles. The molecule has 5 nitrogen and oxygen atoms in total. The van der Waals surface area contributed by atoms with Crippen LogP contribution < -0.4 is 11.1 Å². The van der Waals surface area contributed by atoms with Gasteiger partial charge in [0.05, 0.1) is 0 Å². The summed E-state index contributed by atoms with van der Waals surface area (Å²) in [4.78, 5) is 26.0. The topological polar surface area (TPSA) is 75.4 Å². The first kappa shape index (κ1) is 20.2. The van der Waals surface area contributed by atoms with Crippen LogP contribution in [0.15, 0.2) is 0 Å². The highest BCUT2D eigenvalue weighted by atomic mass is 35.5. The molecule has 1 aliphatic carbocycles. The Kier molecular flexibility index (Phi) is 8.92. The summed E-state index contributed by atoms with van der Waals surface area (Å²) in [7, 11) is 0. The lowest BCUT2D eigenvalue weighted by atomic mass is 9.95. The van der Waals surface area contributed by atoms with Crippen molar-refractivity contribution in [3.05, 3.63) is 0 Å². The van der Waals surface area contributed by atoms with Crippen LogP contribution in [-0.4, -0.2) is 42.4 Å². The molecule has 0 aromatic carbocycles. The molecule has 3 N–H and O–H groups in total. The largest absolute Gasteiger partial charge is 0.356 e. The molecule has 0 aromatic rings. The van der Waals surface area contributed by atoms with E-state index < -0.39 is 0 Å². The van der Waals surface area contributed by atoms with Crippen molar-refractivity contribution < 1.29 is 9.59 Å². The molecule has 23 heavy (non-hydrogen) atoms. The van der Waals surface area contributed by atoms with Crippen molar-refractivity contribution in [3.8, 4) is 0 Å². The molecule has 0 radical (unpaired) electrons. The van der Waals surface area contributed by atoms with Gasteiger partial charge in [-0.3, -0.25) is 9.59 Å². The van der Waals surface area contributed by atoms with E-state index in [2.05, 4.69) is 5.32 Å². The Bertz CT molecular complexity index is 392. The first-order chi connectivity index (χ1) is 10.6. The van der Waals surface area contributed by atoms with Crippen LogP contribution in [-0.2, 0) is 9.59 Å². The number of nitrogens with two attached hydrogens (primary N) is 1. The number of rotatable bonds is 6. The molecule has 0 aromatic heterocycles. The highest BCUT2D eigenvalue weighted by Gasteiger charge is 2.30. The Morgan fingerprint density at radius 2 is 2.00 bits per heavy atom. The van der Waals surface area contributed by atoms with Crippen LogP contribution in [0.1, 0.15) is 58.3 Å². The molecule has 2 fully saturated rings. The second-order valence-corrected chi connectivity index (χ2v) is 6.96. The van der Waals surface area contributed by atoms with E-state index in [9.17, 15) is 9.59 Å². The van der Waals surface area contributed by atoms with Crippen LogP contribution in [0.25, 0.3) is 0 Å². The van der Waals surface area contributed by atoms with Gasteiger partial charge in [-0.15, -0.1) is 12.4 Å². The number of hydrogen-bond donors (Lipinski definition) is 2. The van der Waals surface area contributed by atoms with Gasteiger partial charge in [0.1, 0.15) is 0 Å². The molecule has 1 saturated heterocycles. The minimum absolute atomic E-state index is 0. The van der Waals surface area contributed by atoms with Crippen LogP contribution in [0.4, 0.5) is 0 Å². The molecule has 0 spiro atoms. The van der Waals surface area contributed by atoms with E-state index >= 15 is 0 Å². The van der Waals surface area contributed by atoms with E-state index in [-0.39, 0.29) is 30.3 Å². The van der Waals surface area contributed by atoms with Crippen LogP contribution in [0, 0.1) is 11.8 Å². The Hall–Kier alpha value is -0.810. The van der Waals surface area contributed by atoms with Gasteiger partial charge in [-0.1, -0.05) is 13.3 Å². The maximum atomic E-state index is 12.5. The molecule has 1 aliphatic heterocycles. The first-order valence-electron chi connectivity index (χ1n) is 8.90. The Balaban J connectivity index is 0.00000264. The highest BCUT2D eigenvalue weighted by molar-refractivity contribution is 5.85. The molecule has 3 atom stereocenters. The third-order valence-corrected chi connectivity index (χ3v) is 5.09. The van der Waals surface area contributed by atoms with E-state index in [1.54, 1.807) is 0 Å². The molecule has 2 amide bonds. The molecule has 6 heteroatoms. The highest BCUT2D eigenvalue weighted by Crippen LogP contribution is 2.28. The van der Waals surface area contributed by atoms with Gasteiger partial charge in [-0.2, -0.15) is 0 Å². The minimum Gasteiger partial charge on any atom is -0.356 e. The monoisotopic (exact) mass is 345 g/mol. The van der Waals surface area contributed by atoms with Gasteiger partial charge < -0.3 is 16.0 Å². The SMILES string of the molecule is CCCC(=O)NCC1CCCN(C(=O)C[C@@H]2CCC[C@H]2N)C1.Cl. The Morgan fingerprint density at radius 3 is 2.65 bits per heavy atom. The fraction of sp³-hybridized carbons (Fsp3) is 0.882. The van der Waals surface area contributed by atoms with Crippen molar-refractivity contribution in [2.45, 2.75) is 64.3 Å². The third-order valence-electron chi connectivity index (χ3n) is 5.09. The van der Waals surface area contributed by atoms with Crippen LogP contribution >= 0.6 is 12.4 Å². The number of hydrogen-bond acceptors (Lipinski definition) is 3. The van der Waals surface area contributed by atoms with Gasteiger partial charge in [-0.05, 0) is 43.9 Å². The number of carbonyl (C=O) groups is 2. The summed E-state index contributed by atoms with van der Waals surface area (Å²) in [6.45, 7) is 4.35. The second kappa shape index (κ2) is 10.1. The van der Waals surface area contributed by atoms with Crippen molar-refractivity contribution in [2.75, 3.05) is 19.6 Å². The summed E-state index contributed by atoms with van der Waals surface area (Å²) in [5.41, 5.74) is 6.08. The van der Waals surface area contributed by atoms with Crippen molar-refractivity contribution in [2.24, 2.45) is 17.6 Å². The molecule has 1 heterocycles. The Labute approximate surface area is 146 Å². The molecular formula is C17H32ClN3O2. The zero-order valence-corrected chi connectivity index (χ0v) is 15.1. The quantitative estimate of drug-likeness (QED) is 0.773. The summed E-state index contributed by atoms with van der Waals surface area (Å²) in [5, 5.41) is 3.00. The molecule has 0 bridgehead atoms. The van der Waals surface area contributed by atoms with Crippen LogP contribution in [0.3, 0.4) is 0 Å². The van der Waals surface area contributed by atoms with Gasteiger partial charge in [0.2, 0.25) is 11.8 Å². The Morgan fingerprint density at radius 1 is 1.22 bits per heavy atom. The fourth-order valence-electron chi connectivity index (χ4n) is 3.70. The number of nitrogens with zero attached hydrogens (tertiary/aromatic N) is 1. The lowest BCUT2D eigenvalue weighted by Gasteiger charge is -2.34. The molecular weight excluding hydrogens is 314 g/mol. The third kappa shape index (κ3) is 6.30. The van der Waals surface area contributed by atoms with Crippen molar-refractivity contribution >= 4 is 24.2 Å².